The van der Waals surface area contributed by atoms with Crippen molar-refractivity contribution in [1.29, 1.82) is 0 Å². The van der Waals surface area contributed by atoms with Crippen LogP contribution in [0.15, 0.2) is 59.1 Å². The lowest BCUT2D eigenvalue weighted by atomic mass is 10.1. The van der Waals surface area contributed by atoms with E-state index in [-0.39, 0.29) is 30.2 Å². The first-order chi connectivity index (χ1) is 13.9. The van der Waals surface area contributed by atoms with E-state index in [1.54, 1.807) is 12.1 Å². The Morgan fingerprint density at radius 2 is 1.69 bits per heavy atom. The first kappa shape index (κ1) is 20.3. The fourth-order valence-corrected chi connectivity index (χ4v) is 2.92. The molecule has 2 N–H and O–H groups in total. The second-order valence-electron chi connectivity index (χ2n) is 7.08. The fourth-order valence-electron chi connectivity index (χ4n) is 2.92. The van der Waals surface area contributed by atoms with E-state index in [1.165, 1.54) is 0 Å². The van der Waals surface area contributed by atoms with E-state index < -0.39 is 6.04 Å². The SMILES string of the molecule is Cc1ccccc1-c1noc(CC(=O)NC(C(=O)NC(C)C)c2ccccc2)n1. The Bertz CT molecular complexity index is 982. The zero-order chi connectivity index (χ0) is 20.8. The highest BCUT2D eigenvalue weighted by Gasteiger charge is 2.24. The van der Waals surface area contributed by atoms with Gasteiger partial charge in [-0.2, -0.15) is 4.98 Å². The van der Waals surface area contributed by atoms with E-state index in [9.17, 15) is 9.59 Å². The molecule has 150 valence electrons. The molecule has 1 aromatic heterocycles. The van der Waals surface area contributed by atoms with Gasteiger partial charge in [0.05, 0.1) is 0 Å². The minimum Gasteiger partial charge on any atom is -0.352 e. The zero-order valence-electron chi connectivity index (χ0n) is 16.7. The summed E-state index contributed by atoms with van der Waals surface area (Å²) in [5.41, 5.74) is 2.56. The average Bonchev–Trinajstić information content (AvgIpc) is 3.14. The molecule has 7 nitrogen and oxygen atoms in total. The molecular formula is C22H24N4O3. The lowest BCUT2D eigenvalue weighted by Crippen LogP contribution is -2.43. The molecule has 2 amide bonds. The van der Waals surface area contributed by atoms with Gasteiger partial charge in [-0.1, -0.05) is 59.8 Å². The van der Waals surface area contributed by atoms with Crippen LogP contribution in [0, 0.1) is 6.92 Å². The summed E-state index contributed by atoms with van der Waals surface area (Å²) in [5, 5.41) is 9.57. The van der Waals surface area contributed by atoms with E-state index in [1.807, 2.05) is 63.2 Å². The first-order valence-corrected chi connectivity index (χ1v) is 9.47. The van der Waals surface area contributed by atoms with Gasteiger partial charge >= 0.3 is 0 Å². The molecule has 1 unspecified atom stereocenters. The van der Waals surface area contributed by atoms with Crippen LogP contribution in [-0.4, -0.2) is 28.0 Å². The van der Waals surface area contributed by atoms with Crippen molar-refractivity contribution in [3.63, 3.8) is 0 Å². The predicted molar refractivity (Wildman–Crippen MR) is 109 cm³/mol. The van der Waals surface area contributed by atoms with Crippen molar-refractivity contribution in [3.05, 3.63) is 71.6 Å². The van der Waals surface area contributed by atoms with Crippen LogP contribution >= 0.6 is 0 Å². The van der Waals surface area contributed by atoms with E-state index in [0.717, 1.165) is 11.1 Å². The highest BCUT2D eigenvalue weighted by Crippen LogP contribution is 2.20. The number of benzene rings is 2. The van der Waals surface area contributed by atoms with Gasteiger partial charge in [0.1, 0.15) is 12.5 Å². The molecule has 7 heteroatoms. The van der Waals surface area contributed by atoms with E-state index in [2.05, 4.69) is 20.8 Å². The molecular weight excluding hydrogens is 368 g/mol. The maximum atomic E-state index is 12.6. The quantitative estimate of drug-likeness (QED) is 0.644. The van der Waals surface area contributed by atoms with E-state index >= 15 is 0 Å². The molecule has 1 atom stereocenters. The third-order valence-corrected chi connectivity index (χ3v) is 4.30. The van der Waals surface area contributed by atoms with Crippen molar-refractivity contribution in [1.82, 2.24) is 20.8 Å². The van der Waals surface area contributed by atoms with Gasteiger partial charge in [0.2, 0.25) is 23.5 Å². The Balaban J connectivity index is 1.72. The van der Waals surface area contributed by atoms with Gasteiger partial charge in [0.25, 0.3) is 0 Å². The molecule has 0 aliphatic carbocycles. The Morgan fingerprint density at radius 1 is 1.00 bits per heavy atom. The number of aromatic nitrogens is 2. The molecule has 2 aromatic carbocycles. The highest BCUT2D eigenvalue weighted by molar-refractivity contribution is 5.89. The normalized spacial score (nSPS) is 11.9. The molecule has 1 heterocycles. The number of carbonyl (C=O) groups excluding carboxylic acids is 2. The topological polar surface area (TPSA) is 97.1 Å². The van der Waals surface area contributed by atoms with Crippen molar-refractivity contribution in [2.24, 2.45) is 0 Å². The monoisotopic (exact) mass is 392 g/mol. The number of nitrogens with one attached hydrogen (secondary N) is 2. The molecule has 3 aromatic rings. The molecule has 0 fully saturated rings. The van der Waals surface area contributed by atoms with Gasteiger partial charge in [0, 0.05) is 11.6 Å². The average molecular weight is 392 g/mol. The molecule has 0 spiro atoms. The molecule has 0 radical (unpaired) electrons. The third kappa shape index (κ3) is 5.28. The van der Waals surface area contributed by atoms with Crippen molar-refractivity contribution in [2.75, 3.05) is 0 Å². The van der Waals surface area contributed by atoms with Crippen LogP contribution in [0.5, 0.6) is 0 Å². The summed E-state index contributed by atoms with van der Waals surface area (Å²) >= 11 is 0. The van der Waals surface area contributed by atoms with Crippen LogP contribution in [0.3, 0.4) is 0 Å². The zero-order valence-corrected chi connectivity index (χ0v) is 16.7. The van der Waals surface area contributed by atoms with Crippen LogP contribution in [0.25, 0.3) is 11.4 Å². The van der Waals surface area contributed by atoms with Crippen LogP contribution < -0.4 is 10.6 Å². The van der Waals surface area contributed by atoms with Gasteiger partial charge in [-0.05, 0) is 31.9 Å². The van der Waals surface area contributed by atoms with Crippen molar-refractivity contribution in [3.8, 4) is 11.4 Å². The largest absolute Gasteiger partial charge is 0.352 e. The molecule has 0 aliphatic rings. The minimum atomic E-state index is -0.801. The molecule has 0 aliphatic heterocycles. The lowest BCUT2D eigenvalue weighted by molar-refractivity contribution is -0.129. The smallest absolute Gasteiger partial charge is 0.247 e. The minimum absolute atomic E-state index is 0.0433. The van der Waals surface area contributed by atoms with E-state index in [4.69, 9.17) is 4.52 Å². The maximum Gasteiger partial charge on any atom is 0.247 e. The number of nitrogens with zero attached hydrogens (tertiary/aromatic N) is 2. The molecule has 3 rings (SSSR count). The number of amides is 2. The Morgan fingerprint density at radius 3 is 2.38 bits per heavy atom. The fraction of sp³-hybridized carbons (Fsp3) is 0.273. The van der Waals surface area contributed by atoms with Gasteiger partial charge in [-0.25, -0.2) is 0 Å². The van der Waals surface area contributed by atoms with Crippen LogP contribution in [0.1, 0.15) is 36.9 Å². The van der Waals surface area contributed by atoms with E-state index in [0.29, 0.717) is 11.4 Å². The standard InChI is InChI=1S/C22H24N4O3/c1-14(2)23-22(28)20(16-10-5-4-6-11-16)24-18(27)13-19-25-21(26-29-19)17-12-8-7-9-15(17)3/h4-12,14,20H,13H2,1-3H3,(H,23,28)(H,24,27). The predicted octanol–water partition coefficient (Wildman–Crippen LogP) is 2.97. The molecule has 0 bridgehead atoms. The first-order valence-electron chi connectivity index (χ1n) is 9.47. The molecule has 0 saturated carbocycles. The summed E-state index contributed by atoms with van der Waals surface area (Å²) in [4.78, 5) is 29.5. The molecule has 29 heavy (non-hydrogen) atoms. The summed E-state index contributed by atoms with van der Waals surface area (Å²) in [6.07, 6.45) is -0.114. The summed E-state index contributed by atoms with van der Waals surface area (Å²) in [7, 11) is 0. The van der Waals surface area contributed by atoms with Gasteiger partial charge in [-0.15, -0.1) is 0 Å². The Labute approximate surface area is 169 Å². The van der Waals surface area contributed by atoms with Gasteiger partial charge in [-0.3, -0.25) is 9.59 Å². The summed E-state index contributed by atoms with van der Waals surface area (Å²) in [6.45, 7) is 5.69. The second-order valence-corrected chi connectivity index (χ2v) is 7.08. The summed E-state index contributed by atoms with van der Waals surface area (Å²) < 4.78 is 5.23. The van der Waals surface area contributed by atoms with Gasteiger partial charge < -0.3 is 15.2 Å². The van der Waals surface area contributed by atoms with Crippen LogP contribution in [0.2, 0.25) is 0 Å². The number of rotatable bonds is 7. The Hall–Kier alpha value is -3.48. The number of carbonyl (C=O) groups is 2. The number of hydrogen-bond donors (Lipinski definition) is 2. The number of hydrogen-bond acceptors (Lipinski definition) is 5. The van der Waals surface area contributed by atoms with Crippen molar-refractivity contribution in [2.45, 2.75) is 39.3 Å². The van der Waals surface area contributed by atoms with Gasteiger partial charge in [0.15, 0.2) is 0 Å². The molecule has 0 saturated heterocycles. The van der Waals surface area contributed by atoms with Crippen molar-refractivity contribution < 1.29 is 14.1 Å². The third-order valence-electron chi connectivity index (χ3n) is 4.30. The highest BCUT2D eigenvalue weighted by atomic mass is 16.5. The number of aryl methyl sites for hydroxylation is 1. The van der Waals surface area contributed by atoms with Crippen molar-refractivity contribution >= 4 is 11.8 Å². The maximum absolute atomic E-state index is 12.6. The lowest BCUT2D eigenvalue weighted by Gasteiger charge is -2.20. The van der Waals surface area contributed by atoms with Crippen LogP contribution in [-0.2, 0) is 16.0 Å². The second kappa shape index (κ2) is 9.14. The Kier molecular flexibility index (Phi) is 6.39. The van der Waals surface area contributed by atoms with Crippen LogP contribution in [0.4, 0.5) is 0 Å². The summed E-state index contributed by atoms with van der Waals surface area (Å²) in [5.74, 6) is -0.0247. The summed E-state index contributed by atoms with van der Waals surface area (Å²) in [6, 6.07) is 15.9.